The number of hydrogen-bond acceptors (Lipinski definition) is 6. The zero-order valence-electron chi connectivity index (χ0n) is 17.1. The Hall–Kier alpha value is -1.90. The minimum Gasteiger partial charge on any atom is -0.366 e. The summed E-state index contributed by atoms with van der Waals surface area (Å²) in [6.45, 7) is 5.37. The van der Waals surface area contributed by atoms with E-state index in [0.29, 0.717) is 12.2 Å². The highest BCUT2D eigenvalue weighted by Crippen LogP contribution is 2.31. The molecule has 1 saturated heterocycles. The molecule has 8 heteroatoms. The Bertz CT molecular complexity index is 1070. The standard InChI is InChI=1S/C21H28N2O4S2/c1-17-15-22(16-18-8-5-4-6-9-18)12-7-13-23(17)20-11-10-19(28(2,24)25)14-21(20)29(3,26)27/h4-6,8-11,14,17H,7,12-13,15-16H2,1-3H3. The fourth-order valence-corrected chi connectivity index (χ4v) is 5.48. The molecule has 0 N–H and O–H groups in total. The molecule has 0 amide bonds. The molecule has 0 saturated carbocycles. The maximum Gasteiger partial charge on any atom is 0.177 e. The molecule has 0 radical (unpaired) electrons. The van der Waals surface area contributed by atoms with E-state index in [9.17, 15) is 16.8 Å². The van der Waals surface area contributed by atoms with Crippen molar-refractivity contribution in [1.82, 2.24) is 4.90 Å². The van der Waals surface area contributed by atoms with Crippen LogP contribution in [0.4, 0.5) is 5.69 Å². The molecule has 2 aromatic rings. The van der Waals surface area contributed by atoms with E-state index in [-0.39, 0.29) is 15.8 Å². The lowest BCUT2D eigenvalue weighted by molar-refractivity contribution is 0.268. The predicted molar refractivity (Wildman–Crippen MR) is 116 cm³/mol. The van der Waals surface area contributed by atoms with Crippen molar-refractivity contribution in [3.05, 3.63) is 54.1 Å². The predicted octanol–water partition coefficient (Wildman–Crippen LogP) is 2.59. The molecule has 29 heavy (non-hydrogen) atoms. The van der Waals surface area contributed by atoms with Gasteiger partial charge >= 0.3 is 0 Å². The van der Waals surface area contributed by atoms with Crippen LogP contribution >= 0.6 is 0 Å². The lowest BCUT2D eigenvalue weighted by atomic mass is 10.2. The molecule has 0 aliphatic carbocycles. The second kappa shape index (κ2) is 8.45. The normalized spacial score (nSPS) is 19.1. The molecule has 158 valence electrons. The lowest BCUT2D eigenvalue weighted by Gasteiger charge is -2.32. The first-order valence-corrected chi connectivity index (χ1v) is 13.4. The van der Waals surface area contributed by atoms with Crippen LogP contribution in [-0.4, -0.2) is 59.9 Å². The van der Waals surface area contributed by atoms with E-state index < -0.39 is 19.7 Å². The average molecular weight is 437 g/mol. The molecule has 3 rings (SSSR count). The van der Waals surface area contributed by atoms with Gasteiger partial charge in [0.2, 0.25) is 0 Å². The largest absolute Gasteiger partial charge is 0.366 e. The van der Waals surface area contributed by atoms with Crippen LogP contribution < -0.4 is 4.90 Å². The first-order chi connectivity index (χ1) is 13.6. The molecular weight excluding hydrogens is 408 g/mol. The number of hydrogen-bond donors (Lipinski definition) is 0. The summed E-state index contributed by atoms with van der Waals surface area (Å²) in [7, 11) is -7.07. The highest BCUT2D eigenvalue weighted by molar-refractivity contribution is 7.91. The van der Waals surface area contributed by atoms with Crippen molar-refractivity contribution in [3.8, 4) is 0 Å². The summed E-state index contributed by atoms with van der Waals surface area (Å²) in [5.41, 5.74) is 1.83. The van der Waals surface area contributed by atoms with Crippen LogP contribution in [0.25, 0.3) is 0 Å². The van der Waals surface area contributed by atoms with E-state index in [2.05, 4.69) is 28.9 Å². The molecule has 1 heterocycles. The van der Waals surface area contributed by atoms with Crippen molar-refractivity contribution in [2.75, 3.05) is 37.0 Å². The molecule has 0 spiro atoms. The first-order valence-electron chi connectivity index (χ1n) is 9.63. The molecule has 1 aliphatic rings. The zero-order valence-corrected chi connectivity index (χ0v) is 18.7. The van der Waals surface area contributed by atoms with Crippen molar-refractivity contribution < 1.29 is 16.8 Å². The van der Waals surface area contributed by atoms with Crippen LogP contribution in [0, 0.1) is 0 Å². The SMILES string of the molecule is CC1CN(Cc2ccccc2)CCCN1c1ccc(S(C)(=O)=O)cc1S(C)(=O)=O. The average Bonchev–Trinajstić information content (AvgIpc) is 2.81. The maximum atomic E-state index is 12.4. The third-order valence-corrected chi connectivity index (χ3v) is 7.48. The van der Waals surface area contributed by atoms with Crippen LogP contribution in [0.2, 0.25) is 0 Å². The highest BCUT2D eigenvalue weighted by atomic mass is 32.2. The second-order valence-electron chi connectivity index (χ2n) is 7.79. The molecule has 2 aromatic carbocycles. The number of benzene rings is 2. The summed E-state index contributed by atoms with van der Waals surface area (Å²) in [4.78, 5) is 4.57. The van der Waals surface area contributed by atoms with E-state index in [0.717, 1.165) is 38.6 Å². The Morgan fingerprint density at radius 2 is 1.62 bits per heavy atom. The van der Waals surface area contributed by atoms with Gasteiger partial charge in [-0.1, -0.05) is 30.3 Å². The summed E-state index contributed by atoms with van der Waals surface area (Å²) < 4.78 is 48.7. The molecule has 1 fully saturated rings. The van der Waals surface area contributed by atoms with E-state index in [1.165, 1.54) is 17.7 Å². The fourth-order valence-electron chi connectivity index (χ4n) is 3.85. The van der Waals surface area contributed by atoms with E-state index in [1.807, 2.05) is 18.2 Å². The van der Waals surface area contributed by atoms with Gasteiger partial charge in [0.25, 0.3) is 0 Å². The molecule has 1 unspecified atom stereocenters. The van der Waals surface area contributed by atoms with Crippen LogP contribution in [0.3, 0.4) is 0 Å². The van der Waals surface area contributed by atoms with Crippen molar-refractivity contribution in [2.24, 2.45) is 0 Å². The molecule has 0 bridgehead atoms. The molecule has 0 aromatic heterocycles. The van der Waals surface area contributed by atoms with Gasteiger partial charge in [0.15, 0.2) is 19.7 Å². The summed E-state index contributed by atoms with van der Waals surface area (Å²) in [6, 6.07) is 14.8. The summed E-state index contributed by atoms with van der Waals surface area (Å²) in [6.07, 6.45) is 3.11. The first kappa shape index (κ1) is 21.8. The Balaban J connectivity index is 1.90. The van der Waals surface area contributed by atoms with Gasteiger partial charge in [0, 0.05) is 44.7 Å². The minimum absolute atomic E-state index is 0.0230. The smallest absolute Gasteiger partial charge is 0.177 e. The topological polar surface area (TPSA) is 74.8 Å². The van der Waals surface area contributed by atoms with Crippen molar-refractivity contribution in [1.29, 1.82) is 0 Å². The van der Waals surface area contributed by atoms with Gasteiger partial charge in [0.05, 0.1) is 15.5 Å². The van der Waals surface area contributed by atoms with E-state index in [4.69, 9.17) is 0 Å². The number of rotatable bonds is 5. The van der Waals surface area contributed by atoms with Gasteiger partial charge in [-0.15, -0.1) is 0 Å². The van der Waals surface area contributed by atoms with E-state index in [1.54, 1.807) is 6.07 Å². The number of sulfone groups is 2. The fraction of sp³-hybridized carbons (Fsp3) is 0.429. The third kappa shape index (κ3) is 5.38. The van der Waals surface area contributed by atoms with Crippen molar-refractivity contribution >= 4 is 25.4 Å². The molecule has 1 aliphatic heterocycles. The van der Waals surface area contributed by atoms with Crippen LogP contribution in [-0.2, 0) is 26.2 Å². The van der Waals surface area contributed by atoms with Crippen LogP contribution in [0.5, 0.6) is 0 Å². The quantitative estimate of drug-likeness (QED) is 0.717. The highest BCUT2D eigenvalue weighted by Gasteiger charge is 2.27. The van der Waals surface area contributed by atoms with Crippen molar-refractivity contribution in [3.63, 3.8) is 0 Å². The Labute approximate surface area is 174 Å². The Kier molecular flexibility index (Phi) is 6.36. The number of nitrogens with zero attached hydrogens (tertiary/aromatic N) is 2. The lowest BCUT2D eigenvalue weighted by Crippen LogP contribution is -2.39. The van der Waals surface area contributed by atoms with Gasteiger partial charge in [-0.2, -0.15) is 0 Å². The number of anilines is 1. The third-order valence-electron chi connectivity index (χ3n) is 5.25. The summed E-state index contributed by atoms with van der Waals surface area (Å²) in [5.74, 6) is 0. The summed E-state index contributed by atoms with van der Waals surface area (Å²) >= 11 is 0. The molecular formula is C21H28N2O4S2. The van der Waals surface area contributed by atoms with E-state index >= 15 is 0 Å². The van der Waals surface area contributed by atoms with Gasteiger partial charge in [-0.3, -0.25) is 4.90 Å². The van der Waals surface area contributed by atoms with Gasteiger partial charge < -0.3 is 4.90 Å². The maximum absolute atomic E-state index is 12.4. The van der Waals surface area contributed by atoms with Gasteiger partial charge in [0.1, 0.15) is 0 Å². The van der Waals surface area contributed by atoms with Crippen LogP contribution in [0.1, 0.15) is 18.9 Å². The van der Waals surface area contributed by atoms with Gasteiger partial charge in [-0.05, 0) is 37.1 Å². The molecule has 1 atom stereocenters. The monoisotopic (exact) mass is 436 g/mol. The van der Waals surface area contributed by atoms with Crippen LogP contribution in [0.15, 0.2) is 58.3 Å². The minimum atomic E-state index is -3.58. The summed E-state index contributed by atoms with van der Waals surface area (Å²) in [5, 5.41) is 0. The Morgan fingerprint density at radius 3 is 2.24 bits per heavy atom. The van der Waals surface area contributed by atoms with Gasteiger partial charge in [-0.25, -0.2) is 16.8 Å². The van der Waals surface area contributed by atoms with Crippen molar-refractivity contribution in [2.45, 2.75) is 35.7 Å². The second-order valence-corrected chi connectivity index (χ2v) is 11.8. The Morgan fingerprint density at radius 1 is 0.931 bits per heavy atom. The molecule has 6 nitrogen and oxygen atoms in total. The zero-order chi connectivity index (χ0) is 21.2.